The zero-order valence-corrected chi connectivity index (χ0v) is 14.9. The van der Waals surface area contributed by atoms with Crippen LogP contribution in [0, 0.1) is 18.8 Å². The molecule has 1 fully saturated rings. The highest BCUT2D eigenvalue weighted by Gasteiger charge is 2.33. The topological polar surface area (TPSA) is 110 Å². The third-order valence-electron chi connectivity index (χ3n) is 3.96. The van der Waals surface area contributed by atoms with Crippen LogP contribution in [0.1, 0.15) is 25.8 Å². The van der Waals surface area contributed by atoms with Gasteiger partial charge in [0.05, 0.1) is 5.75 Å². The van der Waals surface area contributed by atoms with E-state index < -0.39 is 10.0 Å². The summed E-state index contributed by atoms with van der Waals surface area (Å²) >= 11 is 0. The second-order valence-corrected chi connectivity index (χ2v) is 8.21. The molecule has 1 aliphatic rings. The fourth-order valence-corrected chi connectivity index (χ4v) is 3.60. The highest BCUT2D eigenvalue weighted by Crippen LogP contribution is 2.30. The van der Waals surface area contributed by atoms with Gasteiger partial charge in [-0.05, 0) is 24.6 Å². The van der Waals surface area contributed by atoms with Crippen molar-refractivity contribution in [3.8, 4) is 0 Å². The van der Waals surface area contributed by atoms with Gasteiger partial charge in [0.1, 0.15) is 0 Å². The summed E-state index contributed by atoms with van der Waals surface area (Å²) in [6, 6.07) is 5.35. The predicted molar refractivity (Wildman–Crippen MR) is 93.1 cm³/mol. The number of benzene rings is 1. The molecule has 7 nitrogen and oxygen atoms in total. The number of hydrogen-bond acceptors (Lipinski definition) is 4. The van der Waals surface area contributed by atoms with Crippen LogP contribution in [-0.2, 0) is 19.6 Å². The summed E-state index contributed by atoms with van der Waals surface area (Å²) in [5.74, 6) is -0.926. The third kappa shape index (κ3) is 4.55. The Balaban J connectivity index is 2.22. The van der Waals surface area contributed by atoms with Crippen LogP contribution in [0.4, 0.5) is 11.4 Å². The van der Waals surface area contributed by atoms with Gasteiger partial charge in [-0.15, -0.1) is 0 Å². The molecule has 132 valence electrons. The average molecular weight is 353 g/mol. The van der Waals surface area contributed by atoms with Gasteiger partial charge in [0.15, 0.2) is 0 Å². The molecule has 1 heterocycles. The Morgan fingerprint density at radius 2 is 2.08 bits per heavy atom. The van der Waals surface area contributed by atoms with Crippen LogP contribution >= 0.6 is 0 Å². The molecule has 1 aliphatic heterocycles. The average Bonchev–Trinajstić information content (AvgIpc) is 2.79. The number of sulfonamides is 1. The van der Waals surface area contributed by atoms with E-state index in [9.17, 15) is 18.0 Å². The summed E-state index contributed by atoms with van der Waals surface area (Å²) in [6.45, 7) is 5.76. The zero-order chi connectivity index (χ0) is 18.1. The molecule has 1 aromatic carbocycles. The maximum Gasteiger partial charge on any atom is 0.227 e. The van der Waals surface area contributed by atoms with Crippen LogP contribution in [0.25, 0.3) is 0 Å². The lowest BCUT2D eigenvalue weighted by Crippen LogP contribution is -2.28. The van der Waals surface area contributed by atoms with Gasteiger partial charge in [0, 0.05) is 36.2 Å². The molecule has 0 aliphatic carbocycles. The summed E-state index contributed by atoms with van der Waals surface area (Å²) in [5, 5.41) is 7.88. The Morgan fingerprint density at radius 3 is 2.67 bits per heavy atom. The lowest BCUT2D eigenvalue weighted by Gasteiger charge is -2.20. The first-order chi connectivity index (χ1) is 11.1. The van der Waals surface area contributed by atoms with Gasteiger partial charge in [-0.2, -0.15) is 0 Å². The normalized spacial score (nSPS) is 18.3. The Kier molecular flexibility index (Phi) is 5.29. The van der Waals surface area contributed by atoms with E-state index in [1.165, 1.54) is 0 Å². The van der Waals surface area contributed by atoms with Gasteiger partial charge in [0.2, 0.25) is 21.8 Å². The minimum Gasteiger partial charge on any atom is -0.326 e. The summed E-state index contributed by atoms with van der Waals surface area (Å²) < 4.78 is 22.5. The fourth-order valence-electron chi connectivity index (χ4n) is 2.72. The van der Waals surface area contributed by atoms with E-state index in [2.05, 4.69) is 5.32 Å². The van der Waals surface area contributed by atoms with Gasteiger partial charge >= 0.3 is 0 Å². The van der Waals surface area contributed by atoms with Crippen LogP contribution in [-0.4, -0.2) is 32.5 Å². The molecule has 2 amide bonds. The number of hydrogen-bond donors (Lipinski definition) is 2. The quantitative estimate of drug-likeness (QED) is 0.829. The van der Waals surface area contributed by atoms with Gasteiger partial charge in [0.25, 0.3) is 0 Å². The van der Waals surface area contributed by atoms with Crippen molar-refractivity contribution >= 4 is 33.2 Å². The zero-order valence-electron chi connectivity index (χ0n) is 14.1. The van der Waals surface area contributed by atoms with E-state index >= 15 is 0 Å². The molecule has 0 aromatic heterocycles. The SMILES string of the molecule is Cc1ccc(NC(=O)C(C)C)cc1N1CC(CS(N)(=O)=O)CC1=O. The van der Waals surface area contributed by atoms with Crippen molar-refractivity contribution in [2.75, 3.05) is 22.5 Å². The number of nitrogens with two attached hydrogens (primary N) is 1. The third-order valence-corrected chi connectivity index (χ3v) is 4.90. The first kappa shape index (κ1) is 18.4. The van der Waals surface area contributed by atoms with Gasteiger partial charge < -0.3 is 10.2 Å². The molecular formula is C16H23N3O4S. The Bertz CT molecular complexity index is 759. The second kappa shape index (κ2) is 6.90. The largest absolute Gasteiger partial charge is 0.326 e. The first-order valence-corrected chi connectivity index (χ1v) is 9.50. The molecule has 1 unspecified atom stereocenters. The van der Waals surface area contributed by atoms with Crippen LogP contribution < -0.4 is 15.4 Å². The van der Waals surface area contributed by atoms with Crippen LogP contribution in [0.15, 0.2) is 18.2 Å². The van der Waals surface area contributed by atoms with Crippen LogP contribution in [0.2, 0.25) is 0 Å². The highest BCUT2D eigenvalue weighted by atomic mass is 32.2. The minimum atomic E-state index is -3.62. The van der Waals surface area contributed by atoms with Crippen LogP contribution in [0.5, 0.6) is 0 Å². The van der Waals surface area contributed by atoms with E-state index in [-0.39, 0.29) is 35.8 Å². The first-order valence-electron chi connectivity index (χ1n) is 7.79. The number of rotatable bonds is 5. The highest BCUT2D eigenvalue weighted by molar-refractivity contribution is 7.89. The molecule has 8 heteroatoms. The molecular weight excluding hydrogens is 330 g/mol. The fraction of sp³-hybridized carbons (Fsp3) is 0.500. The molecule has 0 radical (unpaired) electrons. The Morgan fingerprint density at radius 1 is 1.42 bits per heavy atom. The van der Waals surface area contributed by atoms with Crippen molar-refractivity contribution in [1.82, 2.24) is 0 Å². The standard InChI is InChI=1S/C16H23N3O4S/c1-10(2)16(21)18-13-5-4-11(3)14(7-13)19-8-12(6-15(19)20)9-24(17,22)23/h4-5,7,10,12H,6,8-9H2,1-3H3,(H,18,21)(H2,17,22,23). The van der Waals surface area contributed by atoms with Crippen molar-refractivity contribution in [1.29, 1.82) is 0 Å². The lowest BCUT2D eigenvalue weighted by molar-refractivity contribution is -0.119. The van der Waals surface area contributed by atoms with Gasteiger partial charge in [-0.25, -0.2) is 13.6 Å². The minimum absolute atomic E-state index is 0.107. The van der Waals surface area contributed by atoms with Crippen molar-refractivity contribution in [3.05, 3.63) is 23.8 Å². The van der Waals surface area contributed by atoms with E-state index in [4.69, 9.17) is 5.14 Å². The van der Waals surface area contributed by atoms with Crippen molar-refractivity contribution < 1.29 is 18.0 Å². The maximum atomic E-state index is 12.3. The number of amides is 2. The molecule has 0 spiro atoms. The van der Waals surface area contributed by atoms with Gasteiger partial charge in [-0.3, -0.25) is 9.59 Å². The monoisotopic (exact) mass is 353 g/mol. The van der Waals surface area contributed by atoms with Gasteiger partial charge in [-0.1, -0.05) is 19.9 Å². The predicted octanol–water partition coefficient (Wildman–Crippen LogP) is 1.23. The summed E-state index contributed by atoms with van der Waals surface area (Å²) in [6.07, 6.45) is 0.151. The van der Waals surface area contributed by atoms with E-state index in [0.717, 1.165) is 5.56 Å². The molecule has 3 N–H and O–H groups in total. The number of carbonyl (C=O) groups is 2. The molecule has 0 saturated carbocycles. The molecule has 0 bridgehead atoms. The molecule has 2 rings (SSSR count). The second-order valence-electron chi connectivity index (χ2n) is 6.55. The maximum absolute atomic E-state index is 12.3. The molecule has 1 atom stereocenters. The van der Waals surface area contributed by atoms with Crippen LogP contribution in [0.3, 0.4) is 0 Å². The summed E-state index contributed by atoms with van der Waals surface area (Å²) in [4.78, 5) is 25.7. The van der Waals surface area contributed by atoms with Crippen molar-refractivity contribution in [2.24, 2.45) is 17.0 Å². The summed E-state index contributed by atoms with van der Waals surface area (Å²) in [7, 11) is -3.62. The number of aryl methyl sites for hydroxylation is 1. The number of nitrogens with one attached hydrogen (secondary N) is 1. The Labute approximate surface area is 142 Å². The van der Waals surface area contributed by atoms with E-state index in [0.29, 0.717) is 17.9 Å². The number of carbonyl (C=O) groups excluding carboxylic acids is 2. The lowest BCUT2D eigenvalue weighted by atomic mass is 10.1. The van der Waals surface area contributed by atoms with Crippen molar-refractivity contribution in [3.63, 3.8) is 0 Å². The number of primary sulfonamides is 1. The number of anilines is 2. The molecule has 1 aromatic rings. The van der Waals surface area contributed by atoms with E-state index in [1.54, 1.807) is 30.9 Å². The summed E-state index contributed by atoms with van der Waals surface area (Å²) in [5.41, 5.74) is 2.16. The smallest absolute Gasteiger partial charge is 0.227 e. The van der Waals surface area contributed by atoms with E-state index in [1.807, 2.05) is 13.0 Å². The molecule has 1 saturated heterocycles. The van der Waals surface area contributed by atoms with Crippen molar-refractivity contribution in [2.45, 2.75) is 27.2 Å². The molecule has 24 heavy (non-hydrogen) atoms. The Hall–Kier alpha value is -1.93. The number of nitrogens with zero attached hydrogens (tertiary/aromatic N) is 1.